The number of ether oxygens (including phenoxy) is 1. The first kappa shape index (κ1) is 15.9. The third-order valence-corrected chi connectivity index (χ3v) is 3.82. The topological polar surface area (TPSA) is 22.4 Å². The fourth-order valence-electron chi connectivity index (χ4n) is 2.30. The van der Waals surface area contributed by atoms with Crippen LogP contribution in [0.25, 0.3) is 11.3 Å². The van der Waals surface area contributed by atoms with Gasteiger partial charge >= 0.3 is 0 Å². The molecule has 2 aromatic rings. The molecule has 21 heavy (non-hydrogen) atoms. The average molecular weight is 311 g/mol. The van der Waals surface area contributed by atoms with Gasteiger partial charge in [0.2, 0.25) is 0 Å². The number of benzene rings is 1. The van der Waals surface area contributed by atoms with E-state index in [0.717, 1.165) is 17.7 Å². The van der Waals surface area contributed by atoms with Crippen LogP contribution in [0.15, 0.2) is 28.7 Å². The molecular formula is C17H20ClFO2. The van der Waals surface area contributed by atoms with Crippen molar-refractivity contribution in [3.63, 3.8) is 0 Å². The molecule has 0 radical (unpaired) electrons. The molecule has 0 aliphatic rings. The third kappa shape index (κ3) is 3.59. The Morgan fingerprint density at radius 2 is 2.00 bits per heavy atom. The highest BCUT2D eigenvalue weighted by atomic mass is 35.5. The number of hydrogen-bond acceptors (Lipinski definition) is 2. The highest BCUT2D eigenvalue weighted by molar-refractivity contribution is 6.20. The smallest absolute Gasteiger partial charge is 0.137 e. The lowest BCUT2D eigenvalue weighted by atomic mass is 10.0. The number of aryl methyl sites for hydroxylation is 1. The fourth-order valence-corrected chi connectivity index (χ4v) is 2.87. The van der Waals surface area contributed by atoms with E-state index in [9.17, 15) is 4.39 Å². The van der Waals surface area contributed by atoms with Gasteiger partial charge in [-0.1, -0.05) is 13.8 Å². The van der Waals surface area contributed by atoms with E-state index in [1.54, 1.807) is 19.2 Å². The molecule has 0 N–H and O–H groups in total. The van der Waals surface area contributed by atoms with Crippen LogP contribution in [-0.4, -0.2) is 7.11 Å². The predicted molar refractivity (Wildman–Crippen MR) is 83.4 cm³/mol. The van der Waals surface area contributed by atoms with E-state index in [1.165, 1.54) is 6.07 Å². The Morgan fingerprint density at radius 3 is 2.62 bits per heavy atom. The highest BCUT2D eigenvalue weighted by Gasteiger charge is 2.19. The summed E-state index contributed by atoms with van der Waals surface area (Å²) in [5, 5.41) is -0.129. The minimum absolute atomic E-state index is 0.129. The maximum Gasteiger partial charge on any atom is 0.137 e. The standard InChI is InChI=1S/C17H20ClFO2/c1-10(2)7-15(18)13-9-17(21-11(13)3)14-8-12(20-4)5-6-16(14)19/h5-6,8-10,15H,7H2,1-4H3. The summed E-state index contributed by atoms with van der Waals surface area (Å²) in [6.07, 6.45) is 0.849. The predicted octanol–water partition coefficient (Wildman–Crippen LogP) is 5.73. The Balaban J connectivity index is 2.38. The Bertz CT molecular complexity index is 619. The van der Waals surface area contributed by atoms with E-state index in [0.29, 0.717) is 23.0 Å². The van der Waals surface area contributed by atoms with Gasteiger partial charge in [0.25, 0.3) is 0 Å². The SMILES string of the molecule is COc1ccc(F)c(-c2cc(C(Cl)CC(C)C)c(C)o2)c1. The number of hydrogen-bond donors (Lipinski definition) is 0. The molecule has 0 saturated carbocycles. The van der Waals surface area contributed by atoms with Crippen LogP contribution >= 0.6 is 11.6 Å². The van der Waals surface area contributed by atoms with E-state index in [1.807, 2.05) is 13.0 Å². The summed E-state index contributed by atoms with van der Waals surface area (Å²) in [6, 6.07) is 6.41. The lowest BCUT2D eigenvalue weighted by molar-refractivity contribution is 0.413. The van der Waals surface area contributed by atoms with E-state index in [4.69, 9.17) is 20.8 Å². The number of alkyl halides is 1. The molecule has 2 nitrogen and oxygen atoms in total. The van der Waals surface area contributed by atoms with Crippen molar-refractivity contribution in [3.05, 3.63) is 41.4 Å². The molecule has 0 aliphatic heterocycles. The molecular weight excluding hydrogens is 291 g/mol. The molecule has 0 saturated heterocycles. The van der Waals surface area contributed by atoms with E-state index in [2.05, 4.69) is 13.8 Å². The van der Waals surface area contributed by atoms with Crippen molar-refractivity contribution in [1.29, 1.82) is 0 Å². The van der Waals surface area contributed by atoms with Gasteiger partial charge < -0.3 is 9.15 Å². The monoisotopic (exact) mass is 310 g/mol. The van der Waals surface area contributed by atoms with Gasteiger partial charge in [-0.2, -0.15) is 0 Å². The molecule has 0 amide bonds. The first-order valence-electron chi connectivity index (χ1n) is 7.00. The number of rotatable bonds is 5. The van der Waals surface area contributed by atoms with Gasteiger partial charge in [0.15, 0.2) is 0 Å². The van der Waals surface area contributed by atoms with Gasteiger partial charge in [0.1, 0.15) is 23.1 Å². The van der Waals surface area contributed by atoms with Crippen molar-refractivity contribution in [1.82, 2.24) is 0 Å². The van der Waals surface area contributed by atoms with Gasteiger partial charge in [-0.05, 0) is 43.5 Å². The summed E-state index contributed by atoms with van der Waals surface area (Å²) in [6.45, 7) is 6.09. The summed E-state index contributed by atoms with van der Waals surface area (Å²) in [4.78, 5) is 0. The molecule has 0 bridgehead atoms. The van der Waals surface area contributed by atoms with E-state index < -0.39 is 0 Å². The molecule has 0 spiro atoms. The van der Waals surface area contributed by atoms with Crippen LogP contribution in [-0.2, 0) is 0 Å². The Labute approximate surface area is 129 Å². The quantitative estimate of drug-likeness (QED) is 0.658. The molecule has 4 heteroatoms. The molecule has 1 aromatic heterocycles. The van der Waals surface area contributed by atoms with E-state index >= 15 is 0 Å². The van der Waals surface area contributed by atoms with Gasteiger partial charge in [-0.25, -0.2) is 4.39 Å². The molecule has 0 fully saturated rings. The summed E-state index contributed by atoms with van der Waals surface area (Å²) < 4.78 is 24.8. The molecule has 1 heterocycles. The summed E-state index contributed by atoms with van der Waals surface area (Å²) in [7, 11) is 1.55. The lowest BCUT2D eigenvalue weighted by Gasteiger charge is -2.10. The normalized spacial score (nSPS) is 12.7. The Hall–Kier alpha value is -1.48. The van der Waals surface area contributed by atoms with Gasteiger partial charge in [-0.15, -0.1) is 11.6 Å². The summed E-state index contributed by atoms with van der Waals surface area (Å²) >= 11 is 6.43. The Kier molecular flexibility index (Phi) is 4.94. The van der Waals surface area contributed by atoms with Crippen LogP contribution in [0.4, 0.5) is 4.39 Å². The average Bonchev–Trinajstić information content (AvgIpc) is 2.80. The first-order chi connectivity index (χ1) is 9.92. The number of furan rings is 1. The minimum atomic E-state index is -0.342. The molecule has 1 atom stereocenters. The minimum Gasteiger partial charge on any atom is -0.497 e. The van der Waals surface area contributed by atoms with Gasteiger partial charge in [0, 0.05) is 5.56 Å². The molecule has 114 valence electrons. The van der Waals surface area contributed by atoms with Crippen molar-refractivity contribution in [2.24, 2.45) is 5.92 Å². The second kappa shape index (κ2) is 6.52. The van der Waals surface area contributed by atoms with Crippen molar-refractivity contribution in [3.8, 4) is 17.1 Å². The molecule has 2 rings (SSSR count). The second-order valence-electron chi connectivity index (χ2n) is 5.57. The van der Waals surface area contributed by atoms with Gasteiger partial charge in [-0.3, -0.25) is 0 Å². The van der Waals surface area contributed by atoms with Crippen molar-refractivity contribution in [2.75, 3.05) is 7.11 Å². The maximum absolute atomic E-state index is 14.0. The van der Waals surface area contributed by atoms with Crippen LogP contribution in [0.5, 0.6) is 5.75 Å². The van der Waals surface area contributed by atoms with Gasteiger partial charge in [0.05, 0.1) is 18.1 Å². The highest BCUT2D eigenvalue weighted by Crippen LogP contribution is 2.36. The van der Waals surface area contributed by atoms with Crippen molar-refractivity contribution < 1.29 is 13.5 Å². The number of halogens is 2. The first-order valence-corrected chi connectivity index (χ1v) is 7.44. The van der Waals surface area contributed by atoms with Crippen molar-refractivity contribution >= 4 is 11.6 Å². The second-order valence-corrected chi connectivity index (χ2v) is 6.09. The van der Waals surface area contributed by atoms with Crippen LogP contribution in [0.2, 0.25) is 0 Å². The van der Waals surface area contributed by atoms with E-state index in [-0.39, 0.29) is 11.2 Å². The fraction of sp³-hybridized carbons (Fsp3) is 0.412. The Morgan fingerprint density at radius 1 is 1.29 bits per heavy atom. The molecule has 1 unspecified atom stereocenters. The zero-order chi connectivity index (χ0) is 15.6. The van der Waals surface area contributed by atoms with Crippen LogP contribution in [0, 0.1) is 18.7 Å². The largest absolute Gasteiger partial charge is 0.497 e. The van der Waals surface area contributed by atoms with Crippen LogP contribution in [0.3, 0.4) is 0 Å². The number of methoxy groups -OCH3 is 1. The summed E-state index contributed by atoms with van der Waals surface area (Å²) in [5.41, 5.74) is 1.31. The lowest BCUT2D eigenvalue weighted by Crippen LogP contribution is -1.96. The zero-order valence-corrected chi connectivity index (χ0v) is 13.5. The van der Waals surface area contributed by atoms with Crippen LogP contribution in [0.1, 0.15) is 37.0 Å². The summed E-state index contributed by atoms with van der Waals surface area (Å²) in [5.74, 6) is 1.94. The maximum atomic E-state index is 14.0. The third-order valence-electron chi connectivity index (χ3n) is 3.41. The molecule has 0 aliphatic carbocycles. The van der Waals surface area contributed by atoms with Crippen molar-refractivity contribution in [2.45, 2.75) is 32.6 Å². The zero-order valence-electron chi connectivity index (χ0n) is 12.7. The molecule has 1 aromatic carbocycles. The van der Waals surface area contributed by atoms with Crippen LogP contribution < -0.4 is 4.74 Å².